The van der Waals surface area contributed by atoms with E-state index < -0.39 is 24.3 Å². The number of halogens is 5. The molecular weight excluding hydrogens is 443 g/mol. The Kier molecular flexibility index (Phi) is 5.69. The van der Waals surface area contributed by atoms with Crippen LogP contribution in [0.2, 0.25) is 0 Å². The van der Waals surface area contributed by atoms with Crippen LogP contribution in [0.1, 0.15) is 5.56 Å². The van der Waals surface area contributed by atoms with E-state index in [0.717, 1.165) is 10.5 Å². The highest BCUT2D eigenvalue weighted by Gasteiger charge is 2.34. The van der Waals surface area contributed by atoms with Crippen LogP contribution in [0.15, 0.2) is 51.4 Å². The molecule has 0 aliphatic heterocycles. The topological polar surface area (TPSA) is 38.3 Å². The fourth-order valence-corrected chi connectivity index (χ4v) is 2.46. The average Bonchev–Trinajstić information content (AvgIpc) is 2.48. The highest BCUT2D eigenvalue weighted by molar-refractivity contribution is 9.11. The molecule has 2 aromatic rings. The normalized spacial score (nSPS) is 11.2. The zero-order chi connectivity index (χ0) is 17.0. The molecule has 122 valence electrons. The first kappa shape index (κ1) is 17.8. The van der Waals surface area contributed by atoms with Crippen LogP contribution in [0.25, 0.3) is 0 Å². The molecule has 0 saturated heterocycles. The number of amides is 1. The summed E-state index contributed by atoms with van der Waals surface area (Å²) in [4.78, 5) is 11.9. The van der Waals surface area contributed by atoms with Crippen molar-refractivity contribution in [3.63, 3.8) is 0 Å². The van der Waals surface area contributed by atoms with Crippen molar-refractivity contribution in [2.75, 3.05) is 11.9 Å². The van der Waals surface area contributed by atoms with Gasteiger partial charge < -0.3 is 10.1 Å². The molecule has 0 heterocycles. The second kappa shape index (κ2) is 7.35. The Morgan fingerprint density at radius 2 is 1.83 bits per heavy atom. The third kappa shape index (κ3) is 4.97. The number of hydrogen-bond donors (Lipinski definition) is 1. The molecule has 0 saturated carbocycles. The van der Waals surface area contributed by atoms with Crippen LogP contribution in [0.5, 0.6) is 5.75 Å². The van der Waals surface area contributed by atoms with Gasteiger partial charge in [-0.05, 0) is 46.3 Å². The van der Waals surface area contributed by atoms with Crippen LogP contribution in [0.4, 0.5) is 18.9 Å². The lowest BCUT2D eigenvalue weighted by atomic mass is 10.2. The lowest BCUT2D eigenvalue weighted by Crippen LogP contribution is -2.21. The predicted molar refractivity (Wildman–Crippen MR) is 87.4 cm³/mol. The molecule has 0 fully saturated rings. The molecule has 0 unspecified atom stereocenters. The van der Waals surface area contributed by atoms with Crippen LogP contribution in [0.3, 0.4) is 0 Å². The van der Waals surface area contributed by atoms with Crippen molar-refractivity contribution in [1.29, 1.82) is 0 Å². The SMILES string of the molecule is O=C(COc1ccccc1C(F)(F)F)Nc1cc(Br)ccc1Br. The van der Waals surface area contributed by atoms with E-state index in [1.165, 1.54) is 18.2 Å². The third-order valence-electron chi connectivity index (χ3n) is 2.75. The Morgan fingerprint density at radius 3 is 2.52 bits per heavy atom. The van der Waals surface area contributed by atoms with Gasteiger partial charge in [-0.3, -0.25) is 4.79 Å². The molecule has 3 nitrogen and oxygen atoms in total. The molecule has 0 bridgehead atoms. The van der Waals surface area contributed by atoms with E-state index in [0.29, 0.717) is 10.2 Å². The molecule has 0 aliphatic rings. The largest absolute Gasteiger partial charge is 0.483 e. The molecule has 0 aromatic heterocycles. The molecule has 0 radical (unpaired) electrons. The quantitative estimate of drug-likeness (QED) is 0.688. The number of anilines is 1. The molecule has 2 rings (SSSR count). The molecule has 0 spiro atoms. The van der Waals surface area contributed by atoms with Gasteiger partial charge in [0, 0.05) is 8.95 Å². The van der Waals surface area contributed by atoms with E-state index in [1.807, 2.05) is 0 Å². The lowest BCUT2D eigenvalue weighted by molar-refractivity contribution is -0.139. The monoisotopic (exact) mass is 451 g/mol. The van der Waals surface area contributed by atoms with E-state index in [2.05, 4.69) is 37.2 Å². The zero-order valence-corrected chi connectivity index (χ0v) is 14.6. The Balaban J connectivity index is 2.04. The van der Waals surface area contributed by atoms with Gasteiger partial charge in [0.1, 0.15) is 5.75 Å². The number of hydrogen-bond acceptors (Lipinski definition) is 2. The number of rotatable bonds is 4. The summed E-state index contributed by atoms with van der Waals surface area (Å²) in [5, 5.41) is 2.56. The van der Waals surface area contributed by atoms with E-state index >= 15 is 0 Å². The second-order valence-corrected chi connectivity index (χ2v) is 6.22. The van der Waals surface area contributed by atoms with Gasteiger partial charge in [-0.25, -0.2) is 0 Å². The average molecular weight is 453 g/mol. The maximum atomic E-state index is 12.8. The minimum atomic E-state index is -4.54. The number of carbonyl (C=O) groups excluding carboxylic acids is 1. The first-order chi connectivity index (χ1) is 10.8. The number of benzene rings is 2. The highest BCUT2D eigenvalue weighted by atomic mass is 79.9. The van der Waals surface area contributed by atoms with Crippen LogP contribution in [0, 0.1) is 0 Å². The van der Waals surface area contributed by atoms with Gasteiger partial charge in [0.15, 0.2) is 6.61 Å². The first-order valence-electron chi connectivity index (χ1n) is 6.31. The van der Waals surface area contributed by atoms with Crippen molar-refractivity contribution in [1.82, 2.24) is 0 Å². The summed E-state index contributed by atoms with van der Waals surface area (Å²) < 4.78 is 44.9. The summed E-state index contributed by atoms with van der Waals surface area (Å²) in [6.07, 6.45) is -4.54. The summed E-state index contributed by atoms with van der Waals surface area (Å²) in [6, 6.07) is 9.89. The van der Waals surface area contributed by atoms with E-state index in [-0.39, 0.29) is 5.75 Å². The van der Waals surface area contributed by atoms with Gasteiger partial charge in [0.2, 0.25) is 0 Å². The number of nitrogens with one attached hydrogen (secondary N) is 1. The molecule has 0 atom stereocenters. The van der Waals surface area contributed by atoms with Crippen molar-refractivity contribution in [2.24, 2.45) is 0 Å². The number of ether oxygens (including phenoxy) is 1. The van der Waals surface area contributed by atoms with Crippen molar-refractivity contribution in [2.45, 2.75) is 6.18 Å². The maximum Gasteiger partial charge on any atom is 0.419 e. The summed E-state index contributed by atoms with van der Waals surface area (Å²) in [5.41, 5.74) is -0.437. The van der Waals surface area contributed by atoms with Crippen molar-refractivity contribution in [3.8, 4) is 5.75 Å². The van der Waals surface area contributed by atoms with Gasteiger partial charge in [0.05, 0.1) is 11.3 Å². The first-order valence-corrected chi connectivity index (χ1v) is 7.90. The van der Waals surface area contributed by atoms with E-state index in [9.17, 15) is 18.0 Å². The van der Waals surface area contributed by atoms with Crippen LogP contribution in [-0.2, 0) is 11.0 Å². The van der Waals surface area contributed by atoms with Crippen molar-refractivity contribution < 1.29 is 22.7 Å². The zero-order valence-electron chi connectivity index (χ0n) is 11.5. The minimum absolute atomic E-state index is 0.386. The molecule has 1 N–H and O–H groups in total. The van der Waals surface area contributed by atoms with Crippen LogP contribution in [-0.4, -0.2) is 12.5 Å². The Labute approximate surface area is 147 Å². The van der Waals surface area contributed by atoms with Gasteiger partial charge in [0.25, 0.3) is 5.91 Å². The van der Waals surface area contributed by atoms with Crippen LogP contribution >= 0.6 is 31.9 Å². The molecule has 8 heteroatoms. The molecule has 23 heavy (non-hydrogen) atoms. The maximum absolute atomic E-state index is 12.8. The Hall–Kier alpha value is -1.54. The van der Waals surface area contributed by atoms with Crippen LogP contribution < -0.4 is 10.1 Å². The van der Waals surface area contributed by atoms with E-state index in [4.69, 9.17) is 4.74 Å². The summed E-state index contributed by atoms with van der Waals surface area (Å²) in [7, 11) is 0. The molecular formula is C15H10Br2F3NO2. The van der Waals surface area contributed by atoms with Gasteiger partial charge in [-0.1, -0.05) is 28.1 Å². The van der Waals surface area contributed by atoms with Gasteiger partial charge in [-0.2, -0.15) is 13.2 Å². The third-order valence-corrected chi connectivity index (χ3v) is 3.94. The highest BCUT2D eigenvalue weighted by Crippen LogP contribution is 2.35. The number of carbonyl (C=O) groups is 1. The predicted octanol–water partition coefficient (Wildman–Crippen LogP) is 5.25. The fourth-order valence-electron chi connectivity index (χ4n) is 1.75. The number of para-hydroxylation sites is 1. The van der Waals surface area contributed by atoms with Gasteiger partial charge >= 0.3 is 6.18 Å². The van der Waals surface area contributed by atoms with Gasteiger partial charge in [-0.15, -0.1) is 0 Å². The number of alkyl halides is 3. The van der Waals surface area contributed by atoms with Crippen molar-refractivity contribution in [3.05, 3.63) is 57.0 Å². The second-order valence-electron chi connectivity index (χ2n) is 4.45. The Bertz CT molecular complexity index is 720. The summed E-state index contributed by atoms with van der Waals surface area (Å²) >= 11 is 6.53. The van der Waals surface area contributed by atoms with Crippen molar-refractivity contribution >= 4 is 43.5 Å². The Morgan fingerprint density at radius 1 is 1.13 bits per heavy atom. The lowest BCUT2D eigenvalue weighted by Gasteiger charge is -2.14. The van der Waals surface area contributed by atoms with E-state index in [1.54, 1.807) is 18.2 Å². The fraction of sp³-hybridized carbons (Fsp3) is 0.133. The minimum Gasteiger partial charge on any atom is -0.483 e. The summed E-state index contributed by atoms with van der Waals surface area (Å²) in [6.45, 7) is -0.536. The molecule has 1 amide bonds. The smallest absolute Gasteiger partial charge is 0.419 e. The molecule has 0 aliphatic carbocycles. The molecule has 2 aromatic carbocycles. The standard InChI is InChI=1S/C15H10Br2F3NO2/c16-9-5-6-11(17)12(7-9)21-14(22)8-23-13-4-2-1-3-10(13)15(18,19)20/h1-7H,8H2,(H,21,22). The summed E-state index contributed by atoms with van der Waals surface area (Å²) in [5.74, 6) is -0.954.